The highest BCUT2D eigenvalue weighted by molar-refractivity contribution is 5.88. The minimum absolute atomic E-state index is 0.0896. The van der Waals surface area contributed by atoms with Crippen LogP contribution in [0.5, 0.6) is 0 Å². The summed E-state index contributed by atoms with van der Waals surface area (Å²) in [6, 6.07) is 9.82. The number of benzene rings is 1. The number of primary amides is 1. The van der Waals surface area contributed by atoms with Gasteiger partial charge in [-0.3, -0.25) is 14.4 Å². The van der Waals surface area contributed by atoms with Crippen molar-refractivity contribution in [2.75, 3.05) is 0 Å². The van der Waals surface area contributed by atoms with Gasteiger partial charge in [-0.2, -0.15) is 0 Å². The summed E-state index contributed by atoms with van der Waals surface area (Å²) in [5.41, 5.74) is 6.40. The van der Waals surface area contributed by atoms with Gasteiger partial charge in [0.2, 0.25) is 11.8 Å². The predicted molar refractivity (Wildman–Crippen MR) is 71.9 cm³/mol. The third-order valence-corrected chi connectivity index (χ3v) is 4.27. The third-order valence-electron chi connectivity index (χ3n) is 4.27. The number of carbonyl (C=O) groups excluding carboxylic acids is 2. The van der Waals surface area contributed by atoms with Crippen LogP contribution in [0.3, 0.4) is 0 Å². The average Bonchev–Trinajstić information content (AvgIpc) is 2.70. The lowest BCUT2D eigenvalue weighted by molar-refractivity contribution is -0.195. The maximum atomic E-state index is 12.3. The van der Waals surface area contributed by atoms with Crippen molar-refractivity contribution < 1.29 is 14.4 Å². The van der Waals surface area contributed by atoms with Gasteiger partial charge >= 0.3 is 0 Å². The Balaban J connectivity index is 1.67. The van der Waals surface area contributed by atoms with Crippen molar-refractivity contribution in [1.29, 1.82) is 0 Å². The van der Waals surface area contributed by atoms with E-state index < -0.39 is 0 Å². The number of nitrogens with zero attached hydrogens (tertiary/aromatic N) is 1. The molecule has 3 rings (SSSR count). The lowest BCUT2D eigenvalue weighted by Gasteiger charge is -2.25. The molecule has 2 bridgehead atoms. The van der Waals surface area contributed by atoms with E-state index in [9.17, 15) is 9.59 Å². The van der Waals surface area contributed by atoms with Crippen molar-refractivity contribution >= 4 is 11.8 Å². The summed E-state index contributed by atoms with van der Waals surface area (Å²) in [5, 5.41) is 1.47. The maximum absolute atomic E-state index is 12.3. The van der Waals surface area contributed by atoms with Crippen LogP contribution in [0.25, 0.3) is 0 Å². The first-order chi connectivity index (χ1) is 9.66. The molecule has 2 fully saturated rings. The first-order valence-corrected chi connectivity index (χ1v) is 6.96. The second-order valence-corrected chi connectivity index (χ2v) is 5.51. The zero-order chi connectivity index (χ0) is 14.1. The van der Waals surface area contributed by atoms with Gasteiger partial charge in [0.05, 0.1) is 12.0 Å². The zero-order valence-electron chi connectivity index (χ0n) is 11.2. The standard InChI is InChI=1S/C15H18N2O3/c16-14(18)12-7-6-11-8-13(12)15(19)17(11)20-9-10-4-2-1-3-5-10/h1-5,11-13H,6-9H2,(H2,16,18)/t11-,12-,13?/m1/s1. The van der Waals surface area contributed by atoms with E-state index in [2.05, 4.69) is 0 Å². The van der Waals surface area contributed by atoms with Crippen LogP contribution < -0.4 is 5.73 Å². The highest BCUT2D eigenvalue weighted by Crippen LogP contribution is 2.40. The summed E-state index contributed by atoms with van der Waals surface area (Å²) in [6.07, 6.45) is 2.15. The minimum atomic E-state index is -0.369. The Morgan fingerprint density at radius 2 is 2.05 bits per heavy atom. The van der Waals surface area contributed by atoms with Crippen LogP contribution in [0.2, 0.25) is 0 Å². The van der Waals surface area contributed by atoms with Crippen LogP contribution in [0.1, 0.15) is 24.8 Å². The molecule has 1 unspecified atom stereocenters. The summed E-state index contributed by atoms with van der Waals surface area (Å²) in [5.74, 6) is -1.08. The first-order valence-electron chi connectivity index (χ1n) is 6.96. The summed E-state index contributed by atoms with van der Waals surface area (Å²) >= 11 is 0. The van der Waals surface area contributed by atoms with Crippen molar-refractivity contribution in [3.05, 3.63) is 35.9 Å². The van der Waals surface area contributed by atoms with Gasteiger partial charge in [-0.15, -0.1) is 0 Å². The summed E-state index contributed by atoms with van der Waals surface area (Å²) in [4.78, 5) is 29.4. The highest BCUT2D eigenvalue weighted by atomic mass is 16.7. The van der Waals surface area contributed by atoms with Crippen LogP contribution in [0.4, 0.5) is 0 Å². The molecule has 3 atom stereocenters. The van der Waals surface area contributed by atoms with Crippen molar-refractivity contribution in [3.8, 4) is 0 Å². The SMILES string of the molecule is NC(=O)[C@@H]1CC[C@@H]2CC1C(=O)N2OCc1ccccc1. The Hall–Kier alpha value is -1.88. The molecule has 1 aliphatic heterocycles. The van der Waals surface area contributed by atoms with E-state index in [0.29, 0.717) is 19.4 Å². The van der Waals surface area contributed by atoms with Crippen LogP contribution in [-0.4, -0.2) is 22.9 Å². The molecule has 1 aromatic rings. The number of amides is 2. The molecule has 0 radical (unpaired) electrons. The molecule has 106 valence electrons. The van der Waals surface area contributed by atoms with Crippen LogP contribution >= 0.6 is 0 Å². The Morgan fingerprint density at radius 1 is 1.30 bits per heavy atom. The predicted octanol–water partition coefficient (Wildman–Crippen LogP) is 1.23. The average molecular weight is 274 g/mol. The number of nitrogens with two attached hydrogens (primary N) is 1. The zero-order valence-corrected chi connectivity index (χ0v) is 11.2. The molecule has 2 amide bonds. The largest absolute Gasteiger partial charge is 0.369 e. The monoisotopic (exact) mass is 274 g/mol. The molecule has 20 heavy (non-hydrogen) atoms. The Bertz CT molecular complexity index is 517. The number of carbonyl (C=O) groups is 2. The van der Waals surface area contributed by atoms with E-state index in [1.807, 2.05) is 30.3 Å². The van der Waals surface area contributed by atoms with Gasteiger partial charge in [-0.05, 0) is 24.8 Å². The van der Waals surface area contributed by atoms with Crippen LogP contribution in [0.15, 0.2) is 30.3 Å². The number of hydrogen-bond donors (Lipinski definition) is 1. The molecule has 1 saturated heterocycles. The smallest absolute Gasteiger partial charge is 0.250 e. The Labute approximate surface area is 117 Å². The van der Waals surface area contributed by atoms with Crippen molar-refractivity contribution in [1.82, 2.24) is 5.06 Å². The molecular weight excluding hydrogens is 256 g/mol. The lowest BCUT2D eigenvalue weighted by Crippen LogP contribution is -2.34. The maximum Gasteiger partial charge on any atom is 0.250 e. The number of hydroxylamine groups is 2. The fourth-order valence-electron chi connectivity index (χ4n) is 3.21. The number of hydrogen-bond acceptors (Lipinski definition) is 3. The van der Waals surface area contributed by atoms with Gasteiger partial charge in [0.15, 0.2) is 0 Å². The normalized spacial score (nSPS) is 28.7. The van der Waals surface area contributed by atoms with Gasteiger partial charge in [0.25, 0.3) is 0 Å². The van der Waals surface area contributed by atoms with E-state index in [0.717, 1.165) is 12.0 Å². The molecule has 1 heterocycles. The first kappa shape index (κ1) is 13.1. The minimum Gasteiger partial charge on any atom is -0.369 e. The van der Waals surface area contributed by atoms with E-state index in [4.69, 9.17) is 10.6 Å². The fraction of sp³-hybridized carbons (Fsp3) is 0.467. The van der Waals surface area contributed by atoms with E-state index in [1.165, 1.54) is 5.06 Å². The van der Waals surface area contributed by atoms with Gasteiger partial charge in [-0.1, -0.05) is 30.3 Å². The molecule has 1 aliphatic carbocycles. The molecular formula is C15H18N2O3. The van der Waals surface area contributed by atoms with Crippen molar-refractivity contribution in [2.45, 2.75) is 31.9 Å². The van der Waals surface area contributed by atoms with E-state index in [1.54, 1.807) is 0 Å². The summed E-state index contributed by atoms with van der Waals surface area (Å²) < 4.78 is 0. The van der Waals surface area contributed by atoms with Crippen molar-refractivity contribution in [3.63, 3.8) is 0 Å². The van der Waals surface area contributed by atoms with E-state index in [-0.39, 0.29) is 29.7 Å². The molecule has 5 heteroatoms. The number of rotatable bonds is 4. The Kier molecular flexibility index (Phi) is 3.44. The molecule has 2 aliphatic rings. The number of fused-ring (bicyclic) bond motifs is 2. The topological polar surface area (TPSA) is 72.6 Å². The third kappa shape index (κ3) is 2.29. The summed E-state index contributed by atoms with van der Waals surface area (Å²) in [6.45, 7) is 0.372. The van der Waals surface area contributed by atoms with Crippen LogP contribution in [-0.2, 0) is 21.0 Å². The quantitative estimate of drug-likeness (QED) is 0.897. The van der Waals surface area contributed by atoms with Gasteiger partial charge in [0.1, 0.15) is 6.61 Å². The molecule has 1 saturated carbocycles. The molecule has 1 aromatic carbocycles. The summed E-state index contributed by atoms with van der Waals surface area (Å²) in [7, 11) is 0. The molecule has 2 N–H and O–H groups in total. The van der Waals surface area contributed by atoms with Gasteiger partial charge in [0, 0.05) is 5.92 Å². The van der Waals surface area contributed by atoms with E-state index >= 15 is 0 Å². The molecule has 5 nitrogen and oxygen atoms in total. The molecule has 0 spiro atoms. The fourth-order valence-corrected chi connectivity index (χ4v) is 3.21. The Morgan fingerprint density at radius 3 is 2.75 bits per heavy atom. The highest BCUT2D eigenvalue weighted by Gasteiger charge is 2.49. The van der Waals surface area contributed by atoms with Gasteiger partial charge in [-0.25, -0.2) is 5.06 Å². The molecule has 0 aromatic heterocycles. The van der Waals surface area contributed by atoms with Crippen molar-refractivity contribution in [2.24, 2.45) is 17.6 Å². The van der Waals surface area contributed by atoms with Crippen LogP contribution in [0, 0.1) is 11.8 Å². The second-order valence-electron chi connectivity index (χ2n) is 5.51. The van der Waals surface area contributed by atoms with Gasteiger partial charge < -0.3 is 5.73 Å². The second kappa shape index (κ2) is 5.25. The lowest BCUT2D eigenvalue weighted by atomic mass is 9.80.